The molecule has 18 rings (SSSR count). The number of carbonyl (C=O) groups excluding carboxylic acids is 4. The first-order valence-corrected chi connectivity index (χ1v) is 44.8. The molecule has 0 saturated carbocycles. The second kappa shape index (κ2) is 44.1. The summed E-state index contributed by atoms with van der Waals surface area (Å²) in [5.41, 5.74) is 6.74. The van der Waals surface area contributed by atoms with Crippen LogP contribution in [0.1, 0.15) is 68.4 Å². The van der Waals surface area contributed by atoms with E-state index in [4.69, 9.17) is 35.0 Å². The molecule has 4 amide bonds. The predicted molar refractivity (Wildman–Crippen MR) is 481 cm³/mol. The number of carbonyl (C=O) groups is 4. The van der Waals surface area contributed by atoms with Crippen LogP contribution in [0.2, 0.25) is 0 Å². The summed E-state index contributed by atoms with van der Waals surface area (Å²) < 4.78 is 15.7. The summed E-state index contributed by atoms with van der Waals surface area (Å²) in [5.74, 6) is 9.07. The fraction of sp³-hybridized carbons (Fsp3) is 0.0968. The van der Waals surface area contributed by atoms with Gasteiger partial charge in [-0.2, -0.15) is 10.2 Å². The van der Waals surface area contributed by atoms with Gasteiger partial charge in [-0.25, -0.2) is 29.0 Å². The van der Waals surface area contributed by atoms with Gasteiger partial charge < -0.3 is 29.9 Å². The molecule has 2 atom stereocenters. The number of likely N-dealkylation sites (N-methyl/N-ethyl adjacent to an activating group) is 2. The summed E-state index contributed by atoms with van der Waals surface area (Å²) in [4.78, 5) is 71.3. The molecule has 10 aromatic carbocycles. The quantitative estimate of drug-likeness (QED) is 0.0448. The molecule has 121 heavy (non-hydrogen) atoms. The molecule has 22 nitrogen and oxygen atoms in total. The summed E-state index contributed by atoms with van der Waals surface area (Å²) in [6.07, 6.45) is 12.9. The zero-order valence-electron chi connectivity index (χ0n) is 64.4. The Morgan fingerprint density at radius 3 is 1.21 bits per heavy atom. The van der Waals surface area contributed by atoms with Crippen molar-refractivity contribution in [3.8, 4) is 35.7 Å². The maximum absolute atomic E-state index is 13.3. The second-order valence-electron chi connectivity index (χ2n) is 26.3. The van der Waals surface area contributed by atoms with E-state index in [1.165, 1.54) is 41.6 Å². The van der Waals surface area contributed by atoms with Gasteiger partial charge in [0.2, 0.25) is 11.6 Å². The zero-order chi connectivity index (χ0) is 83.4. The number of ether oxygens (including phenoxy) is 2. The first-order valence-electron chi connectivity index (χ1n) is 37.3. The average molecular weight is 1840 g/mol. The van der Waals surface area contributed by atoms with E-state index >= 15 is 0 Å². The van der Waals surface area contributed by atoms with Crippen molar-refractivity contribution >= 4 is 129 Å². The minimum Gasteiger partial charge on any atom is -0.0622 e. The number of terminal acetylenes is 1. The minimum atomic E-state index is -0.926. The largest absolute Gasteiger partial charge is 0.0622 e. The molecule has 0 aliphatic carbocycles. The number of amides is 4. The van der Waals surface area contributed by atoms with Crippen LogP contribution in [0.15, 0.2) is 333 Å². The van der Waals surface area contributed by atoms with Crippen LogP contribution in [0.4, 0.5) is 11.4 Å². The molecule has 0 bridgehead atoms. The number of rotatable bonds is 14. The Morgan fingerprint density at radius 1 is 0.488 bits per heavy atom. The predicted octanol–water partition coefficient (Wildman–Crippen LogP) is 13.9. The first kappa shape index (κ1) is 87.2. The van der Waals surface area contributed by atoms with Gasteiger partial charge in [0, 0.05) is 49.4 Å². The van der Waals surface area contributed by atoms with E-state index in [1.807, 2.05) is 97.1 Å². The molecule has 0 saturated heterocycles. The molecular formula is C93H79BrCl2N16O6P2Pd. The van der Waals surface area contributed by atoms with Crippen LogP contribution in [0.3, 0.4) is 0 Å². The fourth-order valence-corrected chi connectivity index (χ4v) is 17.5. The number of anilines is 2. The summed E-state index contributed by atoms with van der Waals surface area (Å²) in [5, 5.41) is 35.6. The topological polar surface area (TPSA) is 261 Å². The van der Waals surface area contributed by atoms with Gasteiger partial charge in [0.15, 0.2) is 11.3 Å². The van der Waals surface area contributed by atoms with Crippen molar-refractivity contribution in [1.29, 1.82) is 0 Å². The molecule has 8 heterocycles. The summed E-state index contributed by atoms with van der Waals surface area (Å²) in [7, 11) is 12.0. The Labute approximate surface area is 727 Å². The van der Waals surface area contributed by atoms with Crippen LogP contribution in [-0.4, -0.2) is 123 Å². The van der Waals surface area contributed by atoms with E-state index in [9.17, 15) is 19.2 Å². The Kier molecular flexibility index (Phi) is 31.8. The number of benzene rings is 10. The Bertz CT molecular complexity index is 5870. The maximum atomic E-state index is 13.3. The van der Waals surface area contributed by atoms with Gasteiger partial charge in [0.1, 0.15) is 59.8 Å². The summed E-state index contributed by atoms with van der Waals surface area (Å²) in [6, 6.07) is 100. The van der Waals surface area contributed by atoms with E-state index in [1.54, 1.807) is 72.2 Å². The molecule has 16 aromatic rings. The number of aromatic nitrogens is 12. The van der Waals surface area contributed by atoms with E-state index in [0.29, 0.717) is 70.0 Å². The van der Waals surface area contributed by atoms with Crippen LogP contribution < -0.4 is 61.7 Å². The first-order chi connectivity index (χ1) is 58.8. The number of nitrogens with zero attached hydrogens (tertiary/aromatic N) is 12. The Balaban J connectivity index is 0.000000144. The number of nitrogens with one attached hydrogen (secondary N) is 4. The SMILES string of the molecule is C.C#Cc1cnc2cccnn12.CN1C(=O)[C@@H](NC(=O)c2n[nH]c(Cc3ccccc3)n2)COc2ccc(Br)cc21.CN1C(=O)[C@@H](NC(=O)c2n[nH]c(Cc3ccccc3)n2)COc2ccc(C#Cc3cnc4cccnn34)cc21.[Cl][Pd][Cl].c1ccc(P(c2ccccc2)c2ccccc2)cc1.c1ccc(P(c2ccccc2)c2ccccc2)cc1. The molecule has 0 fully saturated rings. The van der Waals surface area contributed by atoms with Crippen LogP contribution in [-0.2, 0) is 38.4 Å². The van der Waals surface area contributed by atoms with Gasteiger partial charge in [-0.1, -0.05) is 272 Å². The normalized spacial score (nSPS) is 12.9. The van der Waals surface area contributed by atoms with Crippen molar-refractivity contribution in [3.63, 3.8) is 0 Å². The minimum absolute atomic E-state index is 0. The average Bonchev–Trinajstić information content (AvgIpc) is 1.64. The third kappa shape index (κ3) is 23.5. The van der Waals surface area contributed by atoms with E-state index in [-0.39, 0.29) is 60.0 Å². The number of hydrogen-bond acceptors (Lipinski definition) is 14. The van der Waals surface area contributed by atoms with Crippen molar-refractivity contribution in [2.75, 3.05) is 37.1 Å². The summed E-state index contributed by atoms with van der Waals surface area (Å²) in [6.45, 7) is -0.0213. The van der Waals surface area contributed by atoms with Gasteiger partial charge in [0.05, 0.1) is 23.8 Å². The molecule has 2 aliphatic heterocycles. The molecular weight excluding hydrogens is 1760 g/mol. The van der Waals surface area contributed by atoms with Crippen molar-refractivity contribution < 1.29 is 44.6 Å². The monoisotopic (exact) mass is 1830 g/mol. The van der Waals surface area contributed by atoms with Gasteiger partial charge in [-0.15, -0.1) is 16.6 Å². The van der Waals surface area contributed by atoms with Crippen LogP contribution in [0, 0.1) is 24.2 Å². The van der Waals surface area contributed by atoms with Crippen molar-refractivity contribution in [3.05, 3.63) is 384 Å². The third-order valence-corrected chi connectivity index (χ3v) is 23.7. The number of aromatic amines is 2. The molecule has 608 valence electrons. The molecule has 0 unspecified atom stereocenters. The molecule has 2 aliphatic rings. The van der Waals surface area contributed by atoms with Crippen LogP contribution >= 0.6 is 50.8 Å². The van der Waals surface area contributed by atoms with Crippen molar-refractivity contribution in [2.24, 2.45) is 0 Å². The molecule has 0 radical (unpaired) electrons. The van der Waals surface area contributed by atoms with Crippen LogP contribution in [0.5, 0.6) is 11.5 Å². The second-order valence-corrected chi connectivity index (χ2v) is 34.0. The fourth-order valence-electron chi connectivity index (χ4n) is 12.6. The molecule has 0 spiro atoms. The van der Waals surface area contributed by atoms with Gasteiger partial charge in [-0.05, 0) is 131 Å². The smallest absolute Gasteiger partial charge is 0.0134 e. The molecule has 6 aromatic heterocycles. The van der Waals surface area contributed by atoms with E-state index in [0.717, 1.165) is 21.2 Å². The Hall–Kier alpha value is -13.1. The maximum Gasteiger partial charge on any atom is -0.0134 e. The van der Waals surface area contributed by atoms with Crippen molar-refractivity contribution in [1.82, 2.24) is 70.2 Å². The van der Waals surface area contributed by atoms with Crippen LogP contribution in [0.25, 0.3) is 11.3 Å². The number of imidazole rings is 2. The van der Waals surface area contributed by atoms with Gasteiger partial charge >= 0.3 is 35.0 Å². The van der Waals surface area contributed by atoms with Crippen molar-refractivity contribution in [2.45, 2.75) is 32.4 Å². The summed E-state index contributed by atoms with van der Waals surface area (Å²) >= 11 is 3.29. The number of halogens is 3. The number of hydrogen-bond donors (Lipinski definition) is 4. The van der Waals surface area contributed by atoms with E-state index in [2.05, 4.69) is 277 Å². The molecule has 4 N–H and O–H groups in total. The number of H-pyrrole nitrogens is 2. The third-order valence-electron chi connectivity index (χ3n) is 18.3. The van der Waals surface area contributed by atoms with E-state index < -0.39 is 39.7 Å². The van der Waals surface area contributed by atoms with Gasteiger partial charge in [0.25, 0.3) is 23.6 Å². The zero-order valence-corrected chi connectivity index (χ0v) is 70.8. The standard InChI is InChI=1S/C28H22N8O3.C20H18BrN5O3.2C18H15P.C8H5N3.CH4.2ClH.Pd/c1-35-22-14-19(9-11-20-16-29-25-8-5-13-30-36(20)25)10-12-23(22)39-17-21(28(35)38)31-27(37)26-32-24(33-34-26)15-18-6-3-2-4-7-18;1-26-15-10-13(21)7-8-16(15)29-11-14(20(26)28)22-19(27)18-23-17(24-25-18)9-12-5-3-2-4-6-12;2*1-4-10-16(11-5-1)19(17-12-6-2-7-13-17)18-14-8-3-9-15-18;1-2-7-6-9-8-4-3-5-10-11(7)8;;;;/h2-8,10,12-14,16,21H,15,17H2,1H3,(H,31,37)(H,32,33,34);2-8,10,14H,9,11H2,1H3,(H,22,27)(H,23,24,25);2*1-15H;1,3-6H;1H4;2*1H;/q;;;;;;;;+2/p-2/t21-;14-;;;;;;;/m00......./s1. The van der Waals surface area contributed by atoms with Gasteiger partial charge in [-0.3, -0.25) is 29.4 Å². The Morgan fingerprint density at radius 2 is 0.835 bits per heavy atom. The molecule has 28 heteroatoms. The number of fused-ring (bicyclic) bond motifs is 4.